The number of hydrogen-bond acceptors (Lipinski definition) is 5. The van der Waals surface area contributed by atoms with Gasteiger partial charge in [-0.3, -0.25) is 19.8 Å². The second-order valence-corrected chi connectivity index (χ2v) is 6.83. The number of hydrogen-bond donors (Lipinski definition) is 1. The van der Waals surface area contributed by atoms with Crippen LogP contribution in [0.5, 0.6) is 0 Å². The minimum absolute atomic E-state index is 0.225. The van der Waals surface area contributed by atoms with Gasteiger partial charge in [0.25, 0.3) is 5.69 Å². The molecule has 2 aromatic carbocycles. The highest BCUT2D eigenvalue weighted by atomic mass is 35.5. The van der Waals surface area contributed by atoms with Crippen molar-refractivity contribution in [3.63, 3.8) is 0 Å². The van der Waals surface area contributed by atoms with Gasteiger partial charge in [-0.2, -0.15) is 0 Å². The average Bonchev–Trinajstić information content (AvgIpc) is 2.64. The van der Waals surface area contributed by atoms with E-state index < -0.39 is 34.2 Å². The Balaban J connectivity index is 1.77. The number of primary amides is 1. The van der Waals surface area contributed by atoms with Crippen LogP contribution in [0.15, 0.2) is 36.4 Å². The normalized spacial score (nSPS) is 16.0. The number of carbonyl (C=O) groups is 1. The second kappa shape index (κ2) is 8.07. The minimum Gasteiger partial charge on any atom is -0.368 e. The topological polar surface area (TPSA) is 92.7 Å². The average molecular weight is 411 g/mol. The van der Waals surface area contributed by atoms with E-state index in [1.165, 1.54) is 4.90 Å². The zero-order chi connectivity index (χ0) is 20.4. The van der Waals surface area contributed by atoms with E-state index in [-0.39, 0.29) is 18.8 Å². The predicted octanol–water partition coefficient (Wildman–Crippen LogP) is 2.88. The standard InChI is InChI=1S/C18H17ClF2N4O3/c19-12-3-1-11(2-4-12)16(18(22)26)23-5-7-24(8-6-23)17-14(20)9-13(25(27)28)10-15(17)21/h1-4,9-10,16H,5-8H2,(H2,22,26)/t16-/m1/s1. The molecule has 1 aliphatic rings. The first-order valence-electron chi connectivity index (χ1n) is 8.45. The molecule has 7 nitrogen and oxygen atoms in total. The van der Waals surface area contributed by atoms with E-state index in [4.69, 9.17) is 17.3 Å². The van der Waals surface area contributed by atoms with E-state index in [9.17, 15) is 23.7 Å². The van der Waals surface area contributed by atoms with Gasteiger partial charge in [-0.1, -0.05) is 23.7 Å². The summed E-state index contributed by atoms with van der Waals surface area (Å²) in [4.78, 5) is 25.2. The number of piperazine rings is 1. The highest BCUT2D eigenvalue weighted by Gasteiger charge is 2.31. The minimum atomic E-state index is -0.996. The molecule has 0 radical (unpaired) electrons. The molecule has 0 spiro atoms. The lowest BCUT2D eigenvalue weighted by Gasteiger charge is -2.39. The summed E-state index contributed by atoms with van der Waals surface area (Å²) in [6.07, 6.45) is 0. The zero-order valence-corrected chi connectivity index (χ0v) is 15.4. The first kappa shape index (κ1) is 20.0. The Hall–Kier alpha value is -2.78. The summed E-state index contributed by atoms with van der Waals surface area (Å²) in [5.74, 6) is -2.53. The molecule has 1 fully saturated rings. The van der Waals surface area contributed by atoms with E-state index in [2.05, 4.69) is 0 Å². The van der Waals surface area contributed by atoms with Gasteiger partial charge in [0.1, 0.15) is 11.7 Å². The van der Waals surface area contributed by atoms with Crippen LogP contribution < -0.4 is 10.6 Å². The maximum atomic E-state index is 14.3. The van der Waals surface area contributed by atoms with Crippen LogP contribution in [0.1, 0.15) is 11.6 Å². The Labute approximate surface area is 164 Å². The molecule has 2 N–H and O–H groups in total. The third-order valence-electron chi connectivity index (χ3n) is 4.66. The Morgan fingerprint density at radius 1 is 1.11 bits per heavy atom. The van der Waals surface area contributed by atoms with E-state index in [0.717, 1.165) is 0 Å². The van der Waals surface area contributed by atoms with Crippen LogP contribution in [0, 0.1) is 21.7 Å². The van der Waals surface area contributed by atoms with E-state index in [0.29, 0.717) is 35.8 Å². The first-order valence-corrected chi connectivity index (χ1v) is 8.83. The van der Waals surface area contributed by atoms with Gasteiger partial charge in [0.05, 0.1) is 17.1 Å². The zero-order valence-electron chi connectivity index (χ0n) is 14.6. The number of non-ortho nitro benzene ring substituents is 1. The monoisotopic (exact) mass is 410 g/mol. The van der Waals surface area contributed by atoms with Crippen LogP contribution in [0.3, 0.4) is 0 Å². The summed E-state index contributed by atoms with van der Waals surface area (Å²) in [7, 11) is 0. The van der Waals surface area contributed by atoms with Crippen LogP contribution in [0.2, 0.25) is 5.02 Å². The van der Waals surface area contributed by atoms with Crippen molar-refractivity contribution in [1.29, 1.82) is 0 Å². The number of nitrogens with two attached hydrogens (primary N) is 1. The van der Waals surface area contributed by atoms with Crippen LogP contribution in [0.4, 0.5) is 20.2 Å². The van der Waals surface area contributed by atoms with Crippen molar-refractivity contribution in [3.8, 4) is 0 Å². The molecule has 1 heterocycles. The number of halogens is 3. The van der Waals surface area contributed by atoms with E-state index in [1.54, 1.807) is 24.3 Å². The third kappa shape index (κ3) is 4.05. The SMILES string of the molecule is NC(=O)[C@@H](c1ccc(Cl)cc1)N1CCN(c2c(F)cc([N+](=O)[O-])cc2F)CC1. The molecule has 10 heteroatoms. The fourth-order valence-electron chi connectivity index (χ4n) is 3.36. The summed E-state index contributed by atoms with van der Waals surface area (Å²) in [5, 5.41) is 11.3. The summed E-state index contributed by atoms with van der Waals surface area (Å²) in [6.45, 7) is 1.10. The van der Waals surface area contributed by atoms with Crippen LogP contribution in [0.25, 0.3) is 0 Å². The van der Waals surface area contributed by atoms with Crippen molar-refractivity contribution in [2.75, 3.05) is 31.1 Å². The van der Waals surface area contributed by atoms with Crippen LogP contribution in [-0.2, 0) is 4.79 Å². The van der Waals surface area contributed by atoms with Gasteiger partial charge in [-0.25, -0.2) is 8.78 Å². The summed E-state index contributed by atoms with van der Waals surface area (Å²) >= 11 is 5.88. The first-order chi connectivity index (χ1) is 13.3. The lowest BCUT2D eigenvalue weighted by molar-refractivity contribution is -0.385. The smallest absolute Gasteiger partial charge is 0.275 e. The summed E-state index contributed by atoms with van der Waals surface area (Å²) in [6, 6.07) is 7.44. The van der Waals surface area contributed by atoms with Gasteiger partial charge in [0.2, 0.25) is 5.91 Å². The highest BCUT2D eigenvalue weighted by Crippen LogP contribution is 2.30. The summed E-state index contributed by atoms with van der Waals surface area (Å²) < 4.78 is 28.5. The Kier molecular flexibility index (Phi) is 5.76. The Bertz CT molecular complexity index is 879. The number of anilines is 1. The van der Waals surface area contributed by atoms with Crippen LogP contribution >= 0.6 is 11.6 Å². The van der Waals surface area contributed by atoms with E-state index >= 15 is 0 Å². The number of nitro benzene ring substituents is 1. The number of carbonyl (C=O) groups excluding carboxylic acids is 1. The Morgan fingerprint density at radius 3 is 2.11 bits per heavy atom. The summed E-state index contributed by atoms with van der Waals surface area (Å²) in [5.41, 5.74) is 5.29. The van der Waals surface area contributed by atoms with Crippen molar-refractivity contribution >= 4 is 28.9 Å². The number of nitrogens with zero attached hydrogens (tertiary/aromatic N) is 3. The van der Waals surface area contributed by atoms with Crippen molar-refractivity contribution in [2.45, 2.75) is 6.04 Å². The van der Waals surface area contributed by atoms with Crippen LogP contribution in [-0.4, -0.2) is 41.9 Å². The van der Waals surface area contributed by atoms with Gasteiger partial charge < -0.3 is 10.6 Å². The number of rotatable bonds is 5. The molecule has 0 aliphatic carbocycles. The predicted molar refractivity (Wildman–Crippen MR) is 100 cm³/mol. The fraction of sp³-hybridized carbons (Fsp3) is 0.278. The maximum absolute atomic E-state index is 14.3. The van der Waals surface area contributed by atoms with Gasteiger partial charge in [0, 0.05) is 31.2 Å². The molecule has 3 rings (SSSR count). The Morgan fingerprint density at radius 2 is 1.64 bits per heavy atom. The fourth-order valence-corrected chi connectivity index (χ4v) is 3.49. The molecule has 28 heavy (non-hydrogen) atoms. The van der Waals surface area contributed by atoms with Crippen molar-refractivity contribution in [3.05, 3.63) is 68.7 Å². The second-order valence-electron chi connectivity index (χ2n) is 6.39. The molecule has 1 saturated heterocycles. The molecule has 1 amide bonds. The van der Waals surface area contributed by atoms with Gasteiger partial charge in [-0.15, -0.1) is 0 Å². The van der Waals surface area contributed by atoms with Gasteiger partial charge in [-0.05, 0) is 17.7 Å². The van der Waals surface area contributed by atoms with E-state index in [1.807, 2.05) is 4.90 Å². The molecule has 1 aliphatic heterocycles. The lowest BCUT2D eigenvalue weighted by Crippen LogP contribution is -2.50. The molecule has 0 saturated carbocycles. The van der Waals surface area contributed by atoms with Gasteiger partial charge in [0.15, 0.2) is 11.6 Å². The molecule has 0 unspecified atom stereocenters. The van der Waals surface area contributed by atoms with Crippen molar-refractivity contribution in [2.24, 2.45) is 5.73 Å². The molecule has 0 aromatic heterocycles. The molecule has 148 valence electrons. The molecule has 0 bridgehead atoms. The highest BCUT2D eigenvalue weighted by molar-refractivity contribution is 6.30. The molecule has 2 aromatic rings. The maximum Gasteiger partial charge on any atom is 0.275 e. The number of nitro groups is 1. The third-order valence-corrected chi connectivity index (χ3v) is 4.92. The largest absolute Gasteiger partial charge is 0.368 e. The van der Waals surface area contributed by atoms with Crippen molar-refractivity contribution in [1.82, 2.24) is 4.90 Å². The molecular weight excluding hydrogens is 394 g/mol. The lowest BCUT2D eigenvalue weighted by atomic mass is 10.0. The van der Waals surface area contributed by atoms with Crippen molar-refractivity contribution < 1.29 is 18.5 Å². The quantitative estimate of drug-likeness (QED) is 0.604. The number of benzene rings is 2. The van der Waals surface area contributed by atoms with Gasteiger partial charge >= 0.3 is 0 Å². The molecular formula is C18H17ClF2N4O3. The number of amides is 1. The molecule has 1 atom stereocenters.